The number of piperidine rings is 1. The molecule has 0 aromatic carbocycles. The Hall–Kier alpha value is -1.32. The van der Waals surface area contributed by atoms with E-state index in [-0.39, 0.29) is 29.8 Å². The maximum absolute atomic E-state index is 11.6. The molecule has 1 aliphatic carbocycles. The van der Waals surface area contributed by atoms with Crippen LogP contribution in [0, 0.1) is 11.8 Å². The van der Waals surface area contributed by atoms with Crippen LogP contribution in [0.3, 0.4) is 0 Å². The number of likely N-dealkylation sites (N-methyl/N-ethyl adjacent to an activating group) is 1. The second-order valence-corrected chi connectivity index (χ2v) is 3.80. The Labute approximate surface area is 82.5 Å². The lowest BCUT2D eigenvalue weighted by Crippen LogP contribution is -2.54. The first-order valence-electron chi connectivity index (χ1n) is 4.68. The van der Waals surface area contributed by atoms with Crippen molar-refractivity contribution in [1.29, 1.82) is 0 Å². The highest BCUT2D eigenvalue weighted by Gasteiger charge is 2.44. The number of hydrogen-bond acceptors (Lipinski definition) is 3. The van der Waals surface area contributed by atoms with E-state index in [2.05, 4.69) is 0 Å². The second-order valence-electron chi connectivity index (χ2n) is 3.80. The van der Waals surface area contributed by atoms with Crippen molar-refractivity contribution in [3.63, 3.8) is 0 Å². The van der Waals surface area contributed by atoms with Crippen LogP contribution in [0.15, 0.2) is 12.2 Å². The largest absolute Gasteiger partial charge is 0.469 e. The van der Waals surface area contributed by atoms with Crippen molar-refractivity contribution in [2.75, 3.05) is 14.2 Å². The van der Waals surface area contributed by atoms with E-state index >= 15 is 0 Å². The van der Waals surface area contributed by atoms with Crippen LogP contribution in [0.25, 0.3) is 0 Å². The first kappa shape index (κ1) is 9.24. The molecule has 3 rings (SSSR count). The standard InChI is InChI=1S/C10H13NO3/c1-11-8-4-3-6(9(11)12)5-7(8)10(13)14-2/h3-4,6-8H,5H2,1-2H3/t6-,7-,8-/m1/s1. The Kier molecular flexibility index (Phi) is 2.06. The molecular formula is C10H13NO3. The molecule has 76 valence electrons. The summed E-state index contributed by atoms with van der Waals surface area (Å²) in [5.74, 6) is -0.423. The van der Waals surface area contributed by atoms with Gasteiger partial charge >= 0.3 is 5.97 Å². The summed E-state index contributed by atoms with van der Waals surface area (Å²) in [5, 5.41) is 0. The summed E-state index contributed by atoms with van der Waals surface area (Å²) in [6.07, 6.45) is 4.42. The Balaban J connectivity index is 2.25. The van der Waals surface area contributed by atoms with Crippen LogP contribution in [0.4, 0.5) is 0 Å². The van der Waals surface area contributed by atoms with E-state index in [9.17, 15) is 9.59 Å². The fraction of sp³-hybridized carbons (Fsp3) is 0.600. The van der Waals surface area contributed by atoms with Crippen LogP contribution in [-0.4, -0.2) is 37.0 Å². The number of fused-ring (bicyclic) bond motifs is 2. The van der Waals surface area contributed by atoms with E-state index in [1.807, 2.05) is 12.2 Å². The number of methoxy groups -OCH3 is 1. The Morgan fingerprint density at radius 1 is 1.57 bits per heavy atom. The second kappa shape index (κ2) is 3.12. The van der Waals surface area contributed by atoms with Gasteiger partial charge in [-0.1, -0.05) is 12.2 Å². The smallest absolute Gasteiger partial charge is 0.311 e. The van der Waals surface area contributed by atoms with E-state index in [0.717, 1.165) is 0 Å². The van der Waals surface area contributed by atoms with Gasteiger partial charge in [-0.05, 0) is 6.42 Å². The average Bonchev–Trinajstić information content (AvgIpc) is 2.23. The molecule has 0 spiro atoms. The van der Waals surface area contributed by atoms with E-state index in [1.165, 1.54) is 7.11 Å². The molecule has 2 heterocycles. The average molecular weight is 195 g/mol. The molecule has 2 bridgehead atoms. The fourth-order valence-electron chi connectivity index (χ4n) is 2.25. The quantitative estimate of drug-likeness (QED) is 0.443. The highest BCUT2D eigenvalue weighted by atomic mass is 16.5. The molecule has 14 heavy (non-hydrogen) atoms. The van der Waals surface area contributed by atoms with Gasteiger partial charge in [0.25, 0.3) is 0 Å². The first-order valence-corrected chi connectivity index (χ1v) is 4.68. The molecule has 0 radical (unpaired) electrons. The van der Waals surface area contributed by atoms with Gasteiger partial charge in [0.15, 0.2) is 0 Å². The van der Waals surface area contributed by atoms with Crippen LogP contribution < -0.4 is 0 Å². The summed E-state index contributed by atoms with van der Waals surface area (Å²) < 4.78 is 4.72. The van der Waals surface area contributed by atoms with E-state index in [4.69, 9.17) is 4.74 Å². The van der Waals surface area contributed by atoms with Crippen molar-refractivity contribution < 1.29 is 14.3 Å². The summed E-state index contributed by atoms with van der Waals surface area (Å²) in [6.45, 7) is 0. The molecule has 4 nitrogen and oxygen atoms in total. The van der Waals surface area contributed by atoms with E-state index in [1.54, 1.807) is 11.9 Å². The van der Waals surface area contributed by atoms with Gasteiger partial charge in [0.05, 0.1) is 25.0 Å². The summed E-state index contributed by atoms with van der Waals surface area (Å²) in [4.78, 5) is 24.6. The molecule has 0 aromatic rings. The monoisotopic (exact) mass is 195 g/mol. The van der Waals surface area contributed by atoms with Crippen LogP contribution in [0.2, 0.25) is 0 Å². The number of hydrogen-bond donors (Lipinski definition) is 0. The molecule has 1 fully saturated rings. The van der Waals surface area contributed by atoms with Crippen molar-refractivity contribution in [2.24, 2.45) is 11.8 Å². The zero-order valence-electron chi connectivity index (χ0n) is 8.27. The third kappa shape index (κ3) is 1.14. The zero-order chi connectivity index (χ0) is 10.3. The van der Waals surface area contributed by atoms with Crippen LogP contribution in [0.5, 0.6) is 0 Å². The number of esters is 1. The molecule has 0 aromatic heterocycles. The number of amides is 1. The number of nitrogens with zero attached hydrogens (tertiary/aromatic N) is 1. The molecule has 0 saturated carbocycles. The van der Waals surface area contributed by atoms with Crippen molar-refractivity contribution in [3.05, 3.63) is 12.2 Å². The minimum atomic E-state index is -0.219. The van der Waals surface area contributed by atoms with Crippen LogP contribution in [-0.2, 0) is 14.3 Å². The predicted octanol–water partition coefficient (Wildman–Crippen LogP) is 0.192. The van der Waals surface area contributed by atoms with Crippen molar-refractivity contribution in [1.82, 2.24) is 4.90 Å². The minimum absolute atomic E-state index is 0.109. The van der Waals surface area contributed by atoms with Gasteiger partial charge in [-0.15, -0.1) is 0 Å². The molecular weight excluding hydrogens is 182 g/mol. The van der Waals surface area contributed by atoms with Gasteiger partial charge in [-0.25, -0.2) is 0 Å². The summed E-state index contributed by atoms with van der Waals surface area (Å²) in [7, 11) is 3.12. The lowest BCUT2D eigenvalue weighted by atomic mass is 9.77. The molecule has 1 amide bonds. The first-order chi connectivity index (χ1) is 6.65. The predicted molar refractivity (Wildman–Crippen MR) is 49.3 cm³/mol. The Bertz CT molecular complexity index is 310. The maximum atomic E-state index is 11.6. The maximum Gasteiger partial charge on any atom is 0.311 e. The van der Waals surface area contributed by atoms with Gasteiger partial charge in [-0.2, -0.15) is 0 Å². The number of ether oxygens (including phenoxy) is 1. The highest BCUT2D eigenvalue weighted by Crippen LogP contribution is 2.34. The van der Waals surface area contributed by atoms with E-state index < -0.39 is 0 Å². The third-order valence-corrected chi connectivity index (χ3v) is 3.08. The molecule has 0 unspecified atom stereocenters. The highest BCUT2D eigenvalue weighted by molar-refractivity contribution is 5.86. The minimum Gasteiger partial charge on any atom is -0.469 e. The van der Waals surface area contributed by atoms with Crippen molar-refractivity contribution in [2.45, 2.75) is 12.5 Å². The lowest BCUT2D eigenvalue weighted by molar-refractivity contribution is -0.154. The number of rotatable bonds is 1. The van der Waals surface area contributed by atoms with Gasteiger partial charge in [0.2, 0.25) is 5.91 Å². The SMILES string of the molecule is COC(=O)[C@@H]1C[C@H]2C=C[C@H]1N(C)C2=O. The number of carbonyl (C=O) groups excluding carboxylic acids is 2. The molecule has 2 aliphatic heterocycles. The number of carbonyl (C=O) groups is 2. The molecule has 4 heteroatoms. The molecule has 0 N–H and O–H groups in total. The normalized spacial score (nSPS) is 34.9. The fourth-order valence-corrected chi connectivity index (χ4v) is 2.25. The van der Waals surface area contributed by atoms with Gasteiger partial charge in [0, 0.05) is 7.05 Å². The third-order valence-electron chi connectivity index (χ3n) is 3.08. The van der Waals surface area contributed by atoms with Crippen LogP contribution >= 0.6 is 0 Å². The molecule has 1 saturated heterocycles. The summed E-state index contributed by atoms with van der Waals surface area (Å²) in [5.41, 5.74) is 0. The van der Waals surface area contributed by atoms with Crippen molar-refractivity contribution in [3.8, 4) is 0 Å². The Morgan fingerprint density at radius 2 is 2.29 bits per heavy atom. The topological polar surface area (TPSA) is 46.6 Å². The van der Waals surface area contributed by atoms with Crippen LogP contribution in [0.1, 0.15) is 6.42 Å². The van der Waals surface area contributed by atoms with E-state index in [0.29, 0.717) is 6.42 Å². The summed E-state index contributed by atoms with van der Waals surface area (Å²) >= 11 is 0. The lowest BCUT2D eigenvalue weighted by Gasteiger charge is -2.42. The Morgan fingerprint density at radius 3 is 2.86 bits per heavy atom. The van der Waals surface area contributed by atoms with Gasteiger partial charge < -0.3 is 9.64 Å². The summed E-state index contributed by atoms with van der Waals surface area (Å²) in [6, 6.07) is -0.111. The molecule has 3 aliphatic rings. The van der Waals surface area contributed by atoms with Crippen molar-refractivity contribution >= 4 is 11.9 Å². The zero-order valence-corrected chi connectivity index (χ0v) is 8.27. The molecule has 3 atom stereocenters. The van der Waals surface area contributed by atoms with Gasteiger partial charge in [-0.3, -0.25) is 9.59 Å². The van der Waals surface area contributed by atoms with Gasteiger partial charge in [0.1, 0.15) is 0 Å².